The number of rotatable bonds is 5. The Morgan fingerprint density at radius 2 is 1.85 bits per heavy atom. The van der Waals surface area contributed by atoms with Crippen molar-refractivity contribution in [3.63, 3.8) is 0 Å². The van der Waals surface area contributed by atoms with E-state index in [1.165, 1.54) is 0 Å². The number of imidazole rings is 1. The van der Waals surface area contributed by atoms with Crippen molar-refractivity contribution in [2.45, 2.75) is 26.4 Å². The Kier molecular flexibility index (Phi) is 4.42. The van der Waals surface area contributed by atoms with Gasteiger partial charge in [-0.05, 0) is 25.1 Å². The number of nitrogens with one attached hydrogen (secondary N) is 2. The predicted molar refractivity (Wildman–Crippen MR) is 103 cm³/mol. The second-order valence-corrected chi connectivity index (χ2v) is 6.26. The molecular weight excluding hydrogens is 342 g/mol. The quantitative estimate of drug-likeness (QED) is 0.570. The summed E-state index contributed by atoms with van der Waals surface area (Å²) < 4.78 is 2.09. The SMILES string of the molecule is CCn1c(CNC(=O)Cc2n[nH]c(=O)c3ccccc23)nc2ccccc21. The Morgan fingerprint density at radius 3 is 2.67 bits per heavy atom. The molecule has 1 amide bonds. The third-order valence-electron chi connectivity index (χ3n) is 4.60. The van der Waals surface area contributed by atoms with Gasteiger partial charge in [0.05, 0.1) is 35.1 Å². The van der Waals surface area contributed by atoms with Crippen LogP contribution in [-0.2, 0) is 24.3 Å². The van der Waals surface area contributed by atoms with Crippen LogP contribution in [0.3, 0.4) is 0 Å². The molecule has 0 radical (unpaired) electrons. The van der Waals surface area contributed by atoms with Gasteiger partial charge in [0.15, 0.2) is 0 Å². The number of carbonyl (C=O) groups excluding carboxylic acids is 1. The summed E-state index contributed by atoms with van der Waals surface area (Å²) in [6.07, 6.45) is 0.0870. The molecule has 0 saturated carbocycles. The van der Waals surface area contributed by atoms with Crippen LogP contribution in [0.25, 0.3) is 21.8 Å². The lowest BCUT2D eigenvalue weighted by atomic mass is 10.1. The van der Waals surface area contributed by atoms with Gasteiger partial charge in [0.1, 0.15) is 5.82 Å². The number of nitrogens with zero attached hydrogens (tertiary/aromatic N) is 3. The molecule has 0 bridgehead atoms. The first kappa shape index (κ1) is 17.0. The van der Waals surface area contributed by atoms with Crippen LogP contribution in [-0.4, -0.2) is 25.7 Å². The van der Waals surface area contributed by atoms with Gasteiger partial charge in [-0.2, -0.15) is 5.10 Å². The number of aromatic amines is 1. The van der Waals surface area contributed by atoms with Crippen LogP contribution in [0.15, 0.2) is 53.3 Å². The summed E-state index contributed by atoms with van der Waals surface area (Å²) in [5, 5.41) is 10.6. The summed E-state index contributed by atoms with van der Waals surface area (Å²) in [5.74, 6) is 0.640. The molecule has 7 heteroatoms. The molecule has 0 aliphatic heterocycles. The average molecular weight is 361 g/mol. The average Bonchev–Trinajstić information content (AvgIpc) is 3.06. The Labute approximate surface area is 155 Å². The van der Waals surface area contributed by atoms with Gasteiger partial charge in [-0.1, -0.05) is 30.3 Å². The van der Waals surface area contributed by atoms with Gasteiger partial charge in [-0.25, -0.2) is 10.1 Å². The van der Waals surface area contributed by atoms with Crippen molar-refractivity contribution < 1.29 is 4.79 Å². The summed E-state index contributed by atoms with van der Waals surface area (Å²) in [6.45, 7) is 3.16. The van der Waals surface area contributed by atoms with E-state index in [4.69, 9.17) is 0 Å². The summed E-state index contributed by atoms with van der Waals surface area (Å²) in [4.78, 5) is 28.9. The molecule has 0 fully saturated rings. The van der Waals surface area contributed by atoms with Crippen molar-refractivity contribution in [3.8, 4) is 0 Å². The lowest BCUT2D eigenvalue weighted by Gasteiger charge is -2.08. The fraction of sp³-hybridized carbons (Fsp3) is 0.200. The first-order chi connectivity index (χ1) is 13.2. The fourth-order valence-electron chi connectivity index (χ4n) is 3.31. The number of benzene rings is 2. The smallest absolute Gasteiger partial charge is 0.272 e. The fourth-order valence-corrected chi connectivity index (χ4v) is 3.31. The van der Waals surface area contributed by atoms with E-state index in [0.29, 0.717) is 23.0 Å². The number of carbonyl (C=O) groups is 1. The molecule has 27 heavy (non-hydrogen) atoms. The maximum atomic E-state index is 12.4. The zero-order valence-corrected chi connectivity index (χ0v) is 14.9. The Bertz CT molecular complexity index is 1190. The Morgan fingerprint density at radius 1 is 1.11 bits per heavy atom. The standard InChI is InChI=1S/C20H19N5O2/c1-2-25-17-10-6-5-9-15(17)22-18(25)12-21-19(26)11-16-13-7-3-4-8-14(13)20(27)24-23-16/h3-10H,2,11-12H2,1H3,(H,21,26)(H,24,27). The monoisotopic (exact) mass is 361 g/mol. The van der Waals surface area contributed by atoms with E-state index in [-0.39, 0.29) is 17.9 Å². The van der Waals surface area contributed by atoms with E-state index in [2.05, 4.69) is 32.0 Å². The summed E-state index contributed by atoms with van der Waals surface area (Å²) >= 11 is 0. The maximum absolute atomic E-state index is 12.4. The minimum absolute atomic E-state index is 0.0870. The van der Waals surface area contributed by atoms with Crippen molar-refractivity contribution >= 4 is 27.7 Å². The second kappa shape index (κ2) is 7.03. The highest BCUT2D eigenvalue weighted by Gasteiger charge is 2.13. The highest BCUT2D eigenvalue weighted by Crippen LogP contribution is 2.16. The molecule has 0 aliphatic rings. The molecule has 4 rings (SSSR count). The number of hydrogen-bond donors (Lipinski definition) is 2. The molecule has 136 valence electrons. The number of para-hydroxylation sites is 2. The van der Waals surface area contributed by atoms with Crippen molar-refractivity contribution in [1.29, 1.82) is 0 Å². The number of fused-ring (bicyclic) bond motifs is 2. The number of aryl methyl sites for hydroxylation is 1. The minimum Gasteiger partial charge on any atom is -0.349 e. The van der Waals surface area contributed by atoms with Gasteiger partial charge < -0.3 is 9.88 Å². The Balaban J connectivity index is 1.53. The summed E-state index contributed by atoms with van der Waals surface area (Å²) in [5.41, 5.74) is 2.26. The molecule has 4 aromatic rings. The molecular formula is C20H19N5O2. The lowest BCUT2D eigenvalue weighted by molar-refractivity contribution is -0.120. The highest BCUT2D eigenvalue weighted by molar-refractivity contribution is 5.88. The topological polar surface area (TPSA) is 92.7 Å². The van der Waals surface area contributed by atoms with E-state index in [9.17, 15) is 9.59 Å². The third-order valence-corrected chi connectivity index (χ3v) is 4.60. The van der Waals surface area contributed by atoms with Gasteiger partial charge in [-0.3, -0.25) is 9.59 Å². The zero-order valence-electron chi connectivity index (χ0n) is 14.9. The van der Waals surface area contributed by atoms with Crippen LogP contribution in [0.4, 0.5) is 0 Å². The first-order valence-corrected chi connectivity index (χ1v) is 8.84. The Hall–Kier alpha value is -3.48. The number of amides is 1. The normalized spacial score (nSPS) is 11.1. The number of aromatic nitrogens is 4. The van der Waals surface area contributed by atoms with Crippen LogP contribution in [0.1, 0.15) is 18.4 Å². The molecule has 0 spiro atoms. The first-order valence-electron chi connectivity index (χ1n) is 8.84. The molecule has 2 N–H and O–H groups in total. The van der Waals surface area contributed by atoms with Crippen molar-refractivity contribution in [2.75, 3.05) is 0 Å². The van der Waals surface area contributed by atoms with Gasteiger partial charge in [0, 0.05) is 11.9 Å². The van der Waals surface area contributed by atoms with E-state index in [1.54, 1.807) is 18.2 Å². The second-order valence-electron chi connectivity index (χ2n) is 6.26. The lowest BCUT2D eigenvalue weighted by Crippen LogP contribution is -2.27. The van der Waals surface area contributed by atoms with Gasteiger partial charge >= 0.3 is 0 Å². The van der Waals surface area contributed by atoms with Gasteiger partial charge in [0.2, 0.25) is 5.91 Å². The minimum atomic E-state index is -0.258. The summed E-state index contributed by atoms with van der Waals surface area (Å²) in [6, 6.07) is 15.1. The highest BCUT2D eigenvalue weighted by atomic mass is 16.1. The van der Waals surface area contributed by atoms with E-state index >= 15 is 0 Å². The molecule has 0 unspecified atom stereocenters. The van der Waals surface area contributed by atoms with Gasteiger partial charge in [-0.15, -0.1) is 0 Å². The molecule has 0 saturated heterocycles. The van der Waals surface area contributed by atoms with Crippen molar-refractivity contribution in [2.24, 2.45) is 0 Å². The third kappa shape index (κ3) is 3.19. The molecule has 0 aliphatic carbocycles. The maximum Gasteiger partial charge on any atom is 0.272 e. The number of H-pyrrole nitrogens is 1. The van der Waals surface area contributed by atoms with E-state index in [0.717, 1.165) is 23.4 Å². The molecule has 2 heterocycles. The van der Waals surface area contributed by atoms with Crippen LogP contribution >= 0.6 is 0 Å². The largest absolute Gasteiger partial charge is 0.349 e. The van der Waals surface area contributed by atoms with E-state index in [1.807, 2.05) is 30.3 Å². The van der Waals surface area contributed by atoms with Crippen molar-refractivity contribution in [1.82, 2.24) is 25.1 Å². The van der Waals surface area contributed by atoms with E-state index < -0.39 is 0 Å². The van der Waals surface area contributed by atoms with Crippen LogP contribution in [0.5, 0.6) is 0 Å². The molecule has 2 aromatic heterocycles. The molecule has 7 nitrogen and oxygen atoms in total. The van der Waals surface area contributed by atoms with Crippen molar-refractivity contribution in [3.05, 3.63) is 70.4 Å². The van der Waals surface area contributed by atoms with Crippen LogP contribution in [0.2, 0.25) is 0 Å². The van der Waals surface area contributed by atoms with Gasteiger partial charge in [0.25, 0.3) is 5.56 Å². The molecule has 0 atom stereocenters. The summed E-state index contributed by atoms with van der Waals surface area (Å²) in [7, 11) is 0. The predicted octanol–water partition coefficient (Wildman–Crippen LogP) is 2.15. The zero-order chi connectivity index (χ0) is 18.8. The molecule has 2 aromatic carbocycles. The van der Waals surface area contributed by atoms with Crippen LogP contribution < -0.4 is 10.9 Å². The van der Waals surface area contributed by atoms with Crippen LogP contribution in [0, 0.1) is 0 Å². The number of hydrogen-bond acceptors (Lipinski definition) is 4.